The number of aryl methyl sites for hydroxylation is 1. The van der Waals surface area contributed by atoms with E-state index >= 15 is 0 Å². The number of nitrogens with one attached hydrogen (secondary N) is 2. The fourth-order valence-corrected chi connectivity index (χ4v) is 4.71. The van der Waals surface area contributed by atoms with Gasteiger partial charge in [-0.05, 0) is 13.0 Å². The first-order chi connectivity index (χ1) is 15.5. The third-order valence-corrected chi connectivity index (χ3v) is 6.29. The van der Waals surface area contributed by atoms with E-state index in [1.807, 2.05) is 6.07 Å². The highest BCUT2D eigenvalue weighted by Gasteiger charge is 2.28. The van der Waals surface area contributed by atoms with Crippen molar-refractivity contribution in [1.29, 1.82) is 0 Å². The Bertz CT molecular complexity index is 1160. The molecule has 1 aliphatic rings. The molecule has 0 atom stereocenters. The fraction of sp³-hybridized carbons (Fsp3) is 0.333. The molecule has 168 valence electrons. The van der Waals surface area contributed by atoms with Crippen molar-refractivity contribution in [2.24, 2.45) is 0 Å². The van der Waals surface area contributed by atoms with E-state index in [0.29, 0.717) is 46.8 Å². The summed E-state index contributed by atoms with van der Waals surface area (Å²) >= 11 is 8.02. The fourth-order valence-electron chi connectivity index (χ4n) is 3.45. The van der Waals surface area contributed by atoms with Crippen LogP contribution < -0.4 is 10.6 Å². The number of anilines is 1. The molecule has 0 saturated heterocycles. The van der Waals surface area contributed by atoms with Crippen molar-refractivity contribution in [2.45, 2.75) is 25.0 Å². The molecule has 2 aromatic heterocycles. The van der Waals surface area contributed by atoms with Gasteiger partial charge in [-0.25, -0.2) is 4.68 Å². The highest BCUT2D eigenvalue weighted by molar-refractivity contribution is 7.98. The Morgan fingerprint density at radius 3 is 2.91 bits per heavy atom. The van der Waals surface area contributed by atoms with Gasteiger partial charge in [-0.3, -0.25) is 9.59 Å². The van der Waals surface area contributed by atoms with Crippen LogP contribution in [0.25, 0.3) is 11.3 Å². The number of fused-ring (bicyclic) bond motifs is 1. The van der Waals surface area contributed by atoms with E-state index in [-0.39, 0.29) is 18.0 Å². The zero-order valence-corrected chi connectivity index (χ0v) is 19.2. The average Bonchev–Trinajstić information content (AvgIpc) is 3.45. The lowest BCUT2D eigenvalue weighted by Crippen LogP contribution is -2.31. The van der Waals surface area contributed by atoms with Crippen LogP contribution in [0.1, 0.15) is 27.4 Å². The number of methoxy groups -OCH3 is 1. The minimum absolute atomic E-state index is 0.0169. The zero-order chi connectivity index (χ0) is 22.7. The molecule has 0 aliphatic carbocycles. The van der Waals surface area contributed by atoms with E-state index in [2.05, 4.69) is 20.9 Å². The van der Waals surface area contributed by atoms with Gasteiger partial charge >= 0.3 is 0 Å². The number of aromatic nitrogens is 3. The summed E-state index contributed by atoms with van der Waals surface area (Å²) in [5.74, 6) is 1.68. The Morgan fingerprint density at radius 1 is 1.31 bits per heavy atom. The van der Waals surface area contributed by atoms with Gasteiger partial charge in [0.2, 0.25) is 5.91 Å². The van der Waals surface area contributed by atoms with Crippen LogP contribution in [0, 0.1) is 6.92 Å². The van der Waals surface area contributed by atoms with Gasteiger partial charge in [-0.2, -0.15) is 16.9 Å². The predicted octanol–water partition coefficient (Wildman–Crippen LogP) is 3.26. The number of carbonyl (C=O) groups is 2. The van der Waals surface area contributed by atoms with Gasteiger partial charge in [-0.1, -0.05) is 35.0 Å². The highest BCUT2D eigenvalue weighted by Crippen LogP contribution is 2.36. The number of nitrogens with zero attached hydrogens (tertiary/aromatic N) is 3. The second kappa shape index (κ2) is 9.76. The Balaban J connectivity index is 1.62. The molecular weight excluding hydrogens is 454 g/mol. The van der Waals surface area contributed by atoms with Gasteiger partial charge in [0.1, 0.15) is 29.4 Å². The van der Waals surface area contributed by atoms with Crippen LogP contribution >= 0.6 is 23.4 Å². The molecule has 2 N–H and O–H groups in total. The van der Waals surface area contributed by atoms with Crippen molar-refractivity contribution in [3.63, 3.8) is 0 Å². The lowest BCUT2D eigenvalue weighted by atomic mass is 10.1. The number of amides is 2. The predicted molar refractivity (Wildman–Crippen MR) is 122 cm³/mol. The van der Waals surface area contributed by atoms with E-state index in [0.717, 1.165) is 17.0 Å². The summed E-state index contributed by atoms with van der Waals surface area (Å²) in [6.07, 6.45) is 0. The lowest BCUT2D eigenvalue weighted by Gasteiger charge is -2.12. The molecule has 1 aliphatic heterocycles. The van der Waals surface area contributed by atoms with Gasteiger partial charge in [0.25, 0.3) is 5.91 Å². The molecule has 0 unspecified atom stereocenters. The first-order valence-corrected chi connectivity index (χ1v) is 11.5. The number of thioether (sulfide) groups is 1. The van der Waals surface area contributed by atoms with Crippen LogP contribution in [-0.2, 0) is 27.6 Å². The number of halogens is 1. The van der Waals surface area contributed by atoms with E-state index < -0.39 is 5.91 Å². The highest BCUT2D eigenvalue weighted by atomic mass is 35.5. The Kier molecular flexibility index (Phi) is 6.83. The molecule has 0 bridgehead atoms. The first kappa shape index (κ1) is 22.4. The van der Waals surface area contributed by atoms with Crippen molar-refractivity contribution in [3.05, 3.63) is 51.9 Å². The maximum Gasteiger partial charge on any atom is 0.262 e. The molecule has 32 heavy (non-hydrogen) atoms. The molecule has 4 rings (SSSR count). The topological polar surface area (TPSA) is 111 Å². The van der Waals surface area contributed by atoms with Gasteiger partial charge in [0.05, 0.1) is 17.3 Å². The van der Waals surface area contributed by atoms with Crippen LogP contribution in [0.5, 0.6) is 0 Å². The summed E-state index contributed by atoms with van der Waals surface area (Å²) in [7, 11) is 1.57. The SMILES string of the molecule is COCCNC(=O)Cn1nc2c(c1NC(=O)c1c(-c3ccccc3Cl)noc1C)CSC2. The first-order valence-electron chi connectivity index (χ1n) is 9.94. The molecule has 3 aromatic rings. The number of hydrogen-bond donors (Lipinski definition) is 2. The largest absolute Gasteiger partial charge is 0.383 e. The smallest absolute Gasteiger partial charge is 0.262 e. The second-order valence-electron chi connectivity index (χ2n) is 7.16. The van der Waals surface area contributed by atoms with Crippen molar-refractivity contribution in [3.8, 4) is 11.3 Å². The number of hydrogen-bond acceptors (Lipinski definition) is 7. The molecular formula is C21H22ClN5O4S. The summed E-state index contributed by atoms with van der Waals surface area (Å²) in [5.41, 5.74) is 3.03. The minimum atomic E-state index is -0.403. The number of rotatable bonds is 8. The van der Waals surface area contributed by atoms with E-state index in [1.165, 1.54) is 4.68 Å². The quantitative estimate of drug-likeness (QED) is 0.481. The van der Waals surface area contributed by atoms with E-state index in [9.17, 15) is 9.59 Å². The Labute approximate surface area is 193 Å². The lowest BCUT2D eigenvalue weighted by molar-refractivity contribution is -0.122. The number of benzene rings is 1. The molecule has 0 fully saturated rings. The van der Waals surface area contributed by atoms with Crippen LogP contribution in [0.15, 0.2) is 28.8 Å². The Hall–Kier alpha value is -2.82. The van der Waals surface area contributed by atoms with E-state index in [1.54, 1.807) is 44.0 Å². The molecule has 0 saturated carbocycles. The average molecular weight is 476 g/mol. The van der Waals surface area contributed by atoms with Gasteiger partial charge < -0.3 is 19.9 Å². The molecule has 11 heteroatoms. The Morgan fingerprint density at radius 2 is 2.12 bits per heavy atom. The van der Waals surface area contributed by atoms with Crippen LogP contribution in [-0.4, -0.2) is 47.0 Å². The van der Waals surface area contributed by atoms with Gasteiger partial charge in [-0.15, -0.1) is 0 Å². The molecule has 9 nitrogen and oxygen atoms in total. The van der Waals surface area contributed by atoms with Crippen LogP contribution in [0.4, 0.5) is 5.82 Å². The minimum Gasteiger partial charge on any atom is -0.383 e. The van der Waals surface area contributed by atoms with Crippen molar-refractivity contribution in [1.82, 2.24) is 20.3 Å². The zero-order valence-electron chi connectivity index (χ0n) is 17.6. The van der Waals surface area contributed by atoms with Crippen molar-refractivity contribution < 1.29 is 18.8 Å². The van der Waals surface area contributed by atoms with E-state index in [4.69, 9.17) is 20.9 Å². The molecule has 0 radical (unpaired) electrons. The molecule has 3 heterocycles. The third kappa shape index (κ3) is 4.52. The second-order valence-corrected chi connectivity index (χ2v) is 8.56. The maximum absolute atomic E-state index is 13.3. The normalized spacial score (nSPS) is 12.6. The third-order valence-electron chi connectivity index (χ3n) is 4.99. The molecule has 2 amide bonds. The number of carbonyl (C=O) groups excluding carboxylic acids is 2. The maximum atomic E-state index is 13.3. The van der Waals surface area contributed by atoms with Crippen LogP contribution in [0.3, 0.4) is 0 Å². The van der Waals surface area contributed by atoms with Crippen LogP contribution in [0.2, 0.25) is 5.02 Å². The summed E-state index contributed by atoms with van der Waals surface area (Å²) in [6, 6.07) is 7.12. The molecule has 1 aromatic carbocycles. The van der Waals surface area contributed by atoms with Crippen molar-refractivity contribution in [2.75, 3.05) is 25.6 Å². The van der Waals surface area contributed by atoms with Gasteiger partial charge in [0, 0.05) is 36.3 Å². The molecule has 0 spiro atoms. The summed E-state index contributed by atoms with van der Waals surface area (Å²) in [4.78, 5) is 25.7. The summed E-state index contributed by atoms with van der Waals surface area (Å²) in [6.45, 7) is 2.47. The number of ether oxygens (including phenoxy) is 1. The standard InChI is InChI=1S/C21H22ClN5O4S/c1-12-18(19(26-31-12)13-5-3-4-6-15(13)22)21(29)24-20-14-10-32-11-16(14)25-27(20)9-17(28)23-7-8-30-2/h3-6H,7-11H2,1-2H3,(H,23,28)(H,24,29). The summed E-state index contributed by atoms with van der Waals surface area (Å²) < 4.78 is 11.8. The van der Waals surface area contributed by atoms with Crippen molar-refractivity contribution >= 4 is 41.0 Å². The van der Waals surface area contributed by atoms with Gasteiger partial charge in [0.15, 0.2) is 0 Å². The monoisotopic (exact) mass is 475 g/mol. The summed E-state index contributed by atoms with van der Waals surface area (Å²) in [5, 5.41) is 14.8.